The number of aliphatic hydroxyl groups excluding tert-OH is 4. The topological polar surface area (TPSA) is 387 Å². The number of methoxy groups -OCH3 is 1. The maximum atomic E-state index is 12.9. The second-order valence-electron chi connectivity index (χ2n) is 22.7. The molecule has 0 spiro atoms. The first kappa shape index (κ1) is 105. The average Bonchev–Trinajstić information content (AvgIpc) is 1.76. The number of nitrogens with two attached hydrogens (primary N) is 1. The van der Waals surface area contributed by atoms with Crippen LogP contribution in [0, 0.1) is 45.3 Å². The van der Waals surface area contributed by atoms with Crippen LogP contribution in [0.1, 0.15) is 47.2 Å². The van der Waals surface area contributed by atoms with Crippen molar-refractivity contribution in [3.8, 4) is 0 Å². The number of aliphatic carboxylic acids is 1. The minimum Gasteiger partial charge on any atom is -0.480 e. The van der Waals surface area contributed by atoms with Gasteiger partial charge in [-0.2, -0.15) is 98.2 Å². The fourth-order valence-corrected chi connectivity index (χ4v) is 9.15. The number of carboxylic acids is 1. The molecule has 31 nitrogen and oxygen atoms in total. The number of alkyl halides is 18. The lowest BCUT2D eigenvalue weighted by atomic mass is 10.1. The summed E-state index contributed by atoms with van der Waals surface area (Å²) in [6.45, 7) is 41.6. The fourth-order valence-electron chi connectivity index (χ4n) is 9.15. The Morgan fingerprint density at radius 1 is 0.504 bits per heavy atom. The van der Waals surface area contributed by atoms with Crippen LogP contribution >= 0.6 is 0 Å². The zero-order valence-electron chi connectivity index (χ0n) is 61.1. The van der Waals surface area contributed by atoms with Gasteiger partial charge in [-0.3, -0.25) is 19.4 Å². The number of amides is 3. The minimum absolute atomic E-state index is 0.0272. The van der Waals surface area contributed by atoms with Crippen molar-refractivity contribution in [2.75, 3.05) is 78.7 Å². The van der Waals surface area contributed by atoms with Crippen LogP contribution in [0.15, 0.2) is 109 Å². The summed E-state index contributed by atoms with van der Waals surface area (Å²) in [5, 5.41) is 47.7. The number of halogens is 19. The molecule has 3 aliphatic heterocycles. The summed E-state index contributed by atoms with van der Waals surface area (Å²) in [4.78, 5) is 107. The summed E-state index contributed by atoms with van der Waals surface area (Å²) < 4.78 is 264. The summed E-state index contributed by atoms with van der Waals surface area (Å²) >= 11 is 0. The number of nitrogens with one attached hydrogen (secondary N) is 2. The molecule has 3 fully saturated rings. The van der Waals surface area contributed by atoms with E-state index in [4.69, 9.17) is 109 Å². The van der Waals surface area contributed by atoms with Gasteiger partial charge in [-0.25, -0.2) is 52.7 Å². The van der Waals surface area contributed by atoms with Gasteiger partial charge in [0.25, 0.3) is 6.47 Å². The van der Waals surface area contributed by atoms with Gasteiger partial charge in [0, 0.05) is 41.6 Å². The van der Waals surface area contributed by atoms with Gasteiger partial charge in [0.1, 0.15) is 31.7 Å². The molecule has 0 aromatic heterocycles. The number of cyclic esters (lactones) is 3. The van der Waals surface area contributed by atoms with Crippen LogP contribution in [0.25, 0.3) is 29.1 Å². The molecule has 6 aromatic rings. The van der Waals surface area contributed by atoms with Gasteiger partial charge in [0.2, 0.25) is 0 Å². The lowest BCUT2D eigenvalue weighted by Crippen LogP contribution is -2.36. The van der Waals surface area contributed by atoms with E-state index in [0.717, 1.165) is 75.4 Å². The average molecular weight is 1740 g/mol. The van der Waals surface area contributed by atoms with Crippen LogP contribution in [0.5, 0.6) is 0 Å². The molecule has 0 saturated carbocycles. The molecule has 3 amide bonds. The third kappa shape index (κ3) is 32.3. The Morgan fingerprint density at radius 3 is 1.12 bits per heavy atom. The number of benzene rings is 6. The predicted molar refractivity (Wildman–Crippen MR) is 373 cm³/mol. The molecule has 0 bridgehead atoms. The first-order valence-electron chi connectivity index (χ1n) is 32.0. The molecule has 648 valence electrons. The molecule has 0 unspecified atom stereocenters. The van der Waals surface area contributed by atoms with E-state index in [1.54, 1.807) is 13.8 Å². The normalized spacial score (nSPS) is 15.1. The van der Waals surface area contributed by atoms with Crippen LogP contribution in [0.3, 0.4) is 0 Å². The maximum Gasteiger partial charge on any atom is 0.416 e. The molecule has 3 saturated heterocycles. The van der Waals surface area contributed by atoms with Crippen molar-refractivity contribution in [2.24, 2.45) is 5.73 Å². The van der Waals surface area contributed by atoms with Gasteiger partial charge >= 0.3 is 73.6 Å². The zero-order chi connectivity index (χ0) is 92.9. The van der Waals surface area contributed by atoms with Gasteiger partial charge in [-0.15, -0.1) is 0 Å². The van der Waals surface area contributed by atoms with Crippen molar-refractivity contribution in [1.82, 2.24) is 0 Å². The van der Waals surface area contributed by atoms with Gasteiger partial charge < -0.3 is 65.6 Å². The fraction of sp³-hybridized carbons (Fsp3) is 0.310. The molecule has 121 heavy (non-hydrogen) atoms. The number of carboxylic acid groups (broad SMARTS) is 1. The van der Waals surface area contributed by atoms with E-state index in [9.17, 15) is 107 Å². The molecule has 6 atom stereocenters. The van der Waals surface area contributed by atoms with E-state index in [1.165, 1.54) is 37.4 Å². The van der Waals surface area contributed by atoms with E-state index in [2.05, 4.69) is 44.4 Å². The molecule has 3 heterocycles. The van der Waals surface area contributed by atoms with Crippen LogP contribution in [0.4, 0.5) is 160 Å². The summed E-state index contributed by atoms with van der Waals surface area (Å²) in [5.74, 6) is -2.18. The molecule has 9 rings (SSSR count). The van der Waals surface area contributed by atoms with Gasteiger partial charge in [-0.05, 0) is 86.6 Å². The first-order valence-corrected chi connectivity index (χ1v) is 32.0. The second-order valence-corrected chi connectivity index (χ2v) is 22.7. The molecular weight excluding hydrogens is 1690 g/mol. The number of anilines is 5. The van der Waals surface area contributed by atoms with Crippen LogP contribution in [-0.4, -0.2) is 159 Å². The second kappa shape index (κ2) is 47.9. The van der Waals surface area contributed by atoms with E-state index < -0.39 is 179 Å². The highest BCUT2D eigenvalue weighted by Gasteiger charge is 2.42. The number of aliphatic hydroxyl groups is 4. The van der Waals surface area contributed by atoms with Crippen LogP contribution < -0.4 is 31.1 Å². The quantitative estimate of drug-likeness (QED) is 0.0156. The Morgan fingerprint density at radius 2 is 0.818 bits per heavy atom. The van der Waals surface area contributed by atoms with Crippen molar-refractivity contribution >= 4 is 106 Å². The van der Waals surface area contributed by atoms with Gasteiger partial charge in [0.05, 0.1) is 111 Å². The maximum absolute atomic E-state index is 12.9. The largest absolute Gasteiger partial charge is 0.480 e. The smallest absolute Gasteiger partial charge is 0.416 e. The van der Waals surface area contributed by atoms with E-state index in [-0.39, 0.29) is 85.7 Å². The third-order valence-electron chi connectivity index (χ3n) is 14.6. The lowest BCUT2D eigenvalue weighted by Gasteiger charge is -2.21. The monoisotopic (exact) mass is 1740 g/mol. The highest BCUT2D eigenvalue weighted by molar-refractivity contribution is 5.92. The molecule has 6 aromatic carbocycles. The highest BCUT2D eigenvalue weighted by Crippen LogP contribution is 2.45. The number of ether oxygens (including phenoxy) is 5. The lowest BCUT2D eigenvalue weighted by molar-refractivity contribution is -0.193. The molecule has 9 N–H and O–H groups in total. The van der Waals surface area contributed by atoms with E-state index in [0.29, 0.717) is 18.2 Å². The minimum atomic E-state index is -4.70. The molecule has 0 radical (unpaired) electrons. The van der Waals surface area contributed by atoms with Crippen molar-refractivity contribution < 1.29 is 176 Å². The third-order valence-corrected chi connectivity index (χ3v) is 14.6. The van der Waals surface area contributed by atoms with Crippen molar-refractivity contribution in [2.45, 2.75) is 87.5 Å². The van der Waals surface area contributed by atoms with Crippen molar-refractivity contribution in [3.05, 3.63) is 217 Å². The Bertz CT molecular complexity index is 4770. The van der Waals surface area contributed by atoms with E-state index in [1.807, 2.05) is 0 Å². The number of carbonyl (C=O) groups is 5. The molecular formula is C71H57F19N12O19. The summed E-state index contributed by atoms with van der Waals surface area (Å²) in [6, 6.07) is 14.8. The van der Waals surface area contributed by atoms with Crippen molar-refractivity contribution in [1.29, 1.82) is 0 Å². The van der Waals surface area contributed by atoms with Crippen LogP contribution in [0.2, 0.25) is 0 Å². The standard InChI is InChI=1S/2C12H9F3N2O3.C12H9F3N2O2.C11H9F3N2O3.C11H11F3N2O.C8H3F4N.C3H7NO3.2CO2/c1-16-9-4-3-7(5-8(9)12(13,14)15)17-10(19-2)6-20-11(17)18;1-16-10-3-2-7(4-9(10)12(13,14)15)17-8(5-18)6-20-11(17)19;1-7-6-19-11(18)17(7)8-3-4-10(16-2)9(5-8)12(13,14)15;1-15-9-3-2-7(4-8(9)11(12,13)14)16-10(5-17)19-6-18;1-7(6-17)16-8-3-4-10(15-2)9(5-8)11(12,13)14;1-13-7-3-2-5(9)4-6(7)8(10,11)12;4-2(1-5)3(6)7;2*2-1-3/h3-5,10H,6H2,2H3;2-4,8,18H,5-6H2;3-5,7H,6H2,1H3;2-4,6,10,16-17H,5H2;3-5,7,16-17H,6H2,1H3;2-4H;2,5H,1,4H2,(H,6,7);;/t10-;8-;7-;10-;7-;;2-;;/m00000.1../s1. The SMILES string of the molecule is N[C@H](CO)C(=O)O.O=C=O.O=C=O.[C-]#[N+]c1ccc(F)cc1C(F)(F)F.[C-]#[N+]c1ccc(N2C(=O)OC[C@@H]2C)cc1C(F)(F)F.[C-]#[N+]c1ccc(N2C(=O)OC[C@@H]2CO)cc1C(F)(F)F.[C-]#[N+]c1ccc(N2C(=O)OC[C@@H]2OC)cc1C(F)(F)F.[C-]#[N+]c1ccc(N[C@@H](C)CO)cc1C(F)(F)F.[C-]#[N+]c1ccc(N[C@H](CO)OC=O)cc1C(F)(F)F. The number of nitrogens with zero attached hydrogens (tertiary/aromatic N) is 9. The summed E-state index contributed by atoms with van der Waals surface area (Å²) in [5.41, 5.74) is -4.74. The van der Waals surface area contributed by atoms with Crippen LogP contribution in [-0.2, 0) is 89.5 Å². The van der Waals surface area contributed by atoms with Crippen molar-refractivity contribution in [3.63, 3.8) is 0 Å². The Labute approximate surface area is 668 Å². The zero-order valence-corrected chi connectivity index (χ0v) is 61.1. The van der Waals surface area contributed by atoms with E-state index >= 15 is 0 Å². The molecule has 50 heteroatoms. The molecule has 3 aliphatic rings. The summed E-state index contributed by atoms with van der Waals surface area (Å²) in [6.07, 6.45) is -31.7. The van der Waals surface area contributed by atoms with Gasteiger partial charge in [-0.1, -0.05) is 36.4 Å². The summed E-state index contributed by atoms with van der Waals surface area (Å²) in [7, 11) is 1.32. The Balaban J connectivity index is 0.000000707. The Hall–Kier alpha value is -14.2. The number of hydrogen-bond donors (Lipinski definition) is 8. The highest BCUT2D eigenvalue weighted by atomic mass is 19.4. The molecule has 0 aliphatic carbocycles. The number of rotatable bonds is 15. The number of hydrogen-bond acceptors (Lipinski definition) is 21. The first-order chi connectivity index (χ1) is 56.4. The number of carbonyl (C=O) groups excluding carboxylic acids is 8. The van der Waals surface area contributed by atoms with Gasteiger partial charge in [0.15, 0.2) is 46.6 Å². The Kier molecular flexibility index (Phi) is 41.5. The predicted octanol–water partition coefficient (Wildman–Crippen LogP) is 15.2.